The molecule has 0 bridgehead atoms. The number of aromatic nitrogens is 2. The monoisotopic (exact) mass is 558 g/mol. The summed E-state index contributed by atoms with van der Waals surface area (Å²) < 4.78 is 45.7. The molecule has 0 unspecified atom stereocenters. The van der Waals surface area contributed by atoms with Gasteiger partial charge in [-0.2, -0.15) is 0 Å². The fraction of sp³-hybridized carbons (Fsp3) is 0.448. The molecule has 0 radical (unpaired) electrons. The van der Waals surface area contributed by atoms with Crippen molar-refractivity contribution in [3.8, 4) is 11.5 Å². The lowest BCUT2D eigenvalue weighted by Gasteiger charge is -2.33. The lowest BCUT2D eigenvalue weighted by molar-refractivity contribution is -0.138. The molecule has 4 rings (SSSR count). The number of aryl methyl sites for hydroxylation is 2. The number of ether oxygens (including phenoxy) is 3. The molecule has 2 aromatic carbocycles. The van der Waals surface area contributed by atoms with E-state index in [4.69, 9.17) is 14.2 Å². The molecule has 11 heteroatoms. The zero-order chi connectivity index (χ0) is 28.5. The maximum absolute atomic E-state index is 13.7. The summed E-state index contributed by atoms with van der Waals surface area (Å²) in [6, 6.07) is 11.0. The van der Waals surface area contributed by atoms with Gasteiger partial charge < -0.3 is 28.8 Å². The van der Waals surface area contributed by atoms with Crippen molar-refractivity contribution in [2.24, 2.45) is 0 Å². The van der Waals surface area contributed by atoms with E-state index in [-0.39, 0.29) is 38.0 Å². The molecule has 0 saturated carbocycles. The van der Waals surface area contributed by atoms with Crippen LogP contribution >= 0.6 is 0 Å². The molecule has 0 spiro atoms. The third-order valence-corrected chi connectivity index (χ3v) is 6.75. The molecule has 3 aromatic rings. The Hall–Kier alpha value is -3.54. The van der Waals surface area contributed by atoms with Crippen LogP contribution in [-0.4, -0.2) is 89.1 Å². The highest BCUT2D eigenvalue weighted by Gasteiger charge is 2.37. The smallest absolute Gasteiger partial charge is 0.248 e. The molecular formula is C29H36F2N4O5. The Labute approximate surface area is 232 Å². The van der Waals surface area contributed by atoms with Crippen molar-refractivity contribution >= 4 is 5.91 Å². The SMILES string of the molecule is COCC(=O)N1CCN(Cc2cccc(OCCCn3ccnc3C)c2)C[C@](O)(COc2ccc(F)c(F)c2)C1. The highest BCUT2D eigenvalue weighted by atomic mass is 19.2. The van der Waals surface area contributed by atoms with Crippen LogP contribution in [0.4, 0.5) is 8.78 Å². The summed E-state index contributed by atoms with van der Waals surface area (Å²) in [5.41, 5.74) is -0.479. The first-order chi connectivity index (χ1) is 19.2. The predicted molar refractivity (Wildman–Crippen MR) is 144 cm³/mol. The van der Waals surface area contributed by atoms with Gasteiger partial charge in [-0.05, 0) is 43.2 Å². The third kappa shape index (κ3) is 8.23. The van der Waals surface area contributed by atoms with Crippen LogP contribution < -0.4 is 9.47 Å². The number of β-amino-alcohol motifs (C(OH)–C–C–N with tert-alkyl or cyclic N) is 1. The van der Waals surface area contributed by atoms with Gasteiger partial charge in [0.25, 0.3) is 0 Å². The number of imidazole rings is 1. The van der Waals surface area contributed by atoms with Crippen LogP contribution in [0.1, 0.15) is 17.8 Å². The third-order valence-electron chi connectivity index (χ3n) is 6.75. The van der Waals surface area contributed by atoms with Gasteiger partial charge >= 0.3 is 0 Å². The van der Waals surface area contributed by atoms with Crippen molar-refractivity contribution in [3.63, 3.8) is 0 Å². The lowest BCUT2D eigenvalue weighted by atomic mass is 10.0. The molecule has 1 aromatic heterocycles. The van der Waals surface area contributed by atoms with Crippen molar-refractivity contribution < 1.29 is 32.9 Å². The van der Waals surface area contributed by atoms with Crippen LogP contribution in [0.25, 0.3) is 0 Å². The highest BCUT2D eigenvalue weighted by molar-refractivity contribution is 5.77. The van der Waals surface area contributed by atoms with Gasteiger partial charge in [0.05, 0.1) is 13.2 Å². The summed E-state index contributed by atoms with van der Waals surface area (Å²) >= 11 is 0. The fourth-order valence-corrected chi connectivity index (χ4v) is 4.74. The highest BCUT2D eigenvalue weighted by Crippen LogP contribution is 2.22. The Morgan fingerprint density at radius 2 is 1.90 bits per heavy atom. The minimum absolute atomic E-state index is 0.00884. The zero-order valence-electron chi connectivity index (χ0n) is 22.9. The summed E-state index contributed by atoms with van der Waals surface area (Å²) in [4.78, 5) is 20.4. The number of rotatable bonds is 12. The molecule has 1 aliphatic heterocycles. The minimum atomic E-state index is -1.47. The van der Waals surface area contributed by atoms with E-state index in [2.05, 4.69) is 9.55 Å². The second-order valence-electron chi connectivity index (χ2n) is 10.1. The summed E-state index contributed by atoms with van der Waals surface area (Å²) in [7, 11) is 1.44. The first-order valence-electron chi connectivity index (χ1n) is 13.2. The van der Waals surface area contributed by atoms with Gasteiger partial charge in [0.2, 0.25) is 5.91 Å². The summed E-state index contributed by atoms with van der Waals surface area (Å²) in [6.45, 7) is 4.63. The van der Waals surface area contributed by atoms with E-state index in [1.54, 1.807) is 11.1 Å². The van der Waals surface area contributed by atoms with E-state index in [0.717, 1.165) is 42.2 Å². The maximum atomic E-state index is 13.7. The zero-order valence-corrected chi connectivity index (χ0v) is 22.9. The average Bonchev–Trinajstić information content (AvgIpc) is 3.26. The number of nitrogens with zero attached hydrogens (tertiary/aromatic N) is 4. The molecule has 1 saturated heterocycles. The van der Waals surface area contributed by atoms with Crippen molar-refractivity contribution in [1.82, 2.24) is 19.4 Å². The molecule has 0 aliphatic carbocycles. The second kappa shape index (κ2) is 13.7. The number of hydrogen-bond acceptors (Lipinski definition) is 7. The van der Waals surface area contributed by atoms with E-state index >= 15 is 0 Å². The minimum Gasteiger partial charge on any atom is -0.494 e. The number of carbonyl (C=O) groups excluding carboxylic acids is 1. The number of amides is 1. The van der Waals surface area contributed by atoms with Gasteiger partial charge in [-0.3, -0.25) is 9.69 Å². The molecule has 1 aliphatic rings. The van der Waals surface area contributed by atoms with E-state index in [0.29, 0.717) is 26.2 Å². The van der Waals surface area contributed by atoms with Gasteiger partial charge in [0, 0.05) is 58.3 Å². The molecule has 216 valence electrons. The molecule has 1 N–H and O–H groups in total. The molecular weight excluding hydrogens is 522 g/mol. The van der Waals surface area contributed by atoms with Crippen molar-refractivity contribution in [2.45, 2.75) is 32.0 Å². The Morgan fingerprint density at radius 3 is 2.65 bits per heavy atom. The van der Waals surface area contributed by atoms with E-state index in [9.17, 15) is 18.7 Å². The standard InChI is InChI=1S/C29H36F2N4O5/c1-22-32-9-11-34(22)10-4-14-39-24-6-3-5-23(15-24)17-33-12-13-35(28(36)18-38-2)20-29(37,19-33)21-40-25-7-8-26(30)27(31)16-25/h3,5-9,11,15-16,37H,4,10,12-14,17-21H2,1-2H3/t29-/m1/s1. The Morgan fingerprint density at radius 1 is 1.07 bits per heavy atom. The number of aliphatic hydroxyl groups is 1. The Bertz CT molecular complexity index is 1270. The molecule has 1 fully saturated rings. The topological polar surface area (TPSA) is 89.3 Å². The predicted octanol–water partition coefficient (Wildman–Crippen LogP) is 3.04. The summed E-state index contributed by atoms with van der Waals surface area (Å²) in [5.74, 6) is -0.464. The van der Waals surface area contributed by atoms with Crippen LogP contribution in [0, 0.1) is 18.6 Å². The van der Waals surface area contributed by atoms with Gasteiger partial charge in [-0.25, -0.2) is 13.8 Å². The summed E-state index contributed by atoms with van der Waals surface area (Å²) in [6.07, 6.45) is 4.57. The quantitative estimate of drug-likeness (QED) is 0.342. The number of halogens is 2. The molecule has 9 nitrogen and oxygen atoms in total. The largest absolute Gasteiger partial charge is 0.494 e. The average molecular weight is 559 g/mol. The normalized spacial score (nSPS) is 18.0. The molecule has 1 atom stereocenters. The maximum Gasteiger partial charge on any atom is 0.248 e. The van der Waals surface area contributed by atoms with Crippen molar-refractivity contribution in [2.75, 3.05) is 53.1 Å². The number of benzene rings is 2. The lowest BCUT2D eigenvalue weighted by Crippen LogP contribution is -2.52. The van der Waals surface area contributed by atoms with Crippen molar-refractivity contribution in [1.29, 1.82) is 0 Å². The van der Waals surface area contributed by atoms with Crippen LogP contribution in [0.5, 0.6) is 11.5 Å². The van der Waals surface area contributed by atoms with Crippen LogP contribution in [0.15, 0.2) is 54.9 Å². The van der Waals surface area contributed by atoms with E-state index < -0.39 is 17.2 Å². The van der Waals surface area contributed by atoms with Crippen LogP contribution in [0.3, 0.4) is 0 Å². The van der Waals surface area contributed by atoms with Crippen molar-refractivity contribution in [3.05, 3.63) is 77.9 Å². The first-order valence-corrected chi connectivity index (χ1v) is 13.2. The second-order valence-corrected chi connectivity index (χ2v) is 10.1. The molecule has 2 heterocycles. The number of carbonyl (C=O) groups is 1. The Balaban J connectivity index is 1.39. The molecule has 1 amide bonds. The van der Waals surface area contributed by atoms with Gasteiger partial charge in [0.15, 0.2) is 11.6 Å². The number of methoxy groups -OCH3 is 1. The van der Waals surface area contributed by atoms with Gasteiger partial charge in [0.1, 0.15) is 36.1 Å². The fourth-order valence-electron chi connectivity index (χ4n) is 4.74. The molecule has 40 heavy (non-hydrogen) atoms. The number of hydrogen-bond donors (Lipinski definition) is 1. The van der Waals surface area contributed by atoms with Gasteiger partial charge in [-0.1, -0.05) is 12.1 Å². The van der Waals surface area contributed by atoms with Crippen LogP contribution in [-0.2, 0) is 22.6 Å². The van der Waals surface area contributed by atoms with Gasteiger partial charge in [-0.15, -0.1) is 0 Å². The first kappa shape index (κ1) is 29.4. The Kier molecular flexibility index (Phi) is 10.1. The van der Waals surface area contributed by atoms with E-state index in [1.807, 2.05) is 42.3 Å². The van der Waals surface area contributed by atoms with E-state index in [1.165, 1.54) is 13.2 Å². The van der Waals surface area contributed by atoms with Crippen LogP contribution in [0.2, 0.25) is 0 Å². The summed E-state index contributed by atoms with van der Waals surface area (Å²) in [5, 5.41) is 11.6.